The van der Waals surface area contributed by atoms with Gasteiger partial charge in [0.25, 0.3) is 5.91 Å². The summed E-state index contributed by atoms with van der Waals surface area (Å²) in [5, 5.41) is 11.3. The van der Waals surface area contributed by atoms with Gasteiger partial charge in [-0.2, -0.15) is 5.10 Å². The smallest absolute Gasteiger partial charge is 0.274 e. The fourth-order valence-corrected chi connectivity index (χ4v) is 3.42. The molecular weight excluding hydrogens is 378 g/mol. The number of hydrogen-bond acceptors (Lipinski definition) is 5. The normalized spacial score (nSPS) is 12.0. The Balaban J connectivity index is 1.66. The van der Waals surface area contributed by atoms with Gasteiger partial charge in [-0.3, -0.25) is 14.5 Å². The number of carbonyl (C=O) groups is 1. The molecule has 1 N–H and O–H groups in total. The van der Waals surface area contributed by atoms with Gasteiger partial charge in [-0.25, -0.2) is 0 Å². The molecule has 3 aromatic heterocycles. The molecule has 7 nitrogen and oxygen atoms in total. The Labute approximate surface area is 174 Å². The maximum absolute atomic E-state index is 13.1. The monoisotopic (exact) mass is 401 g/mol. The second-order valence-electron chi connectivity index (χ2n) is 7.39. The standard InChI is InChI=1S/C23H23N5O2/c1-14-5-6-15(2)18(11-14)22(17-7-9-24-10-8-17)26-23(29)20-12-21(30-27-20)19-13-25-28(4)16(19)3/h5-13,22H,1-4H3,(H,26,29)/t22-/m0/s1. The summed E-state index contributed by atoms with van der Waals surface area (Å²) >= 11 is 0. The molecule has 0 saturated carbocycles. The number of rotatable bonds is 5. The van der Waals surface area contributed by atoms with Crippen molar-refractivity contribution in [1.29, 1.82) is 0 Å². The van der Waals surface area contributed by atoms with Crippen molar-refractivity contribution in [2.45, 2.75) is 26.8 Å². The number of nitrogens with zero attached hydrogens (tertiary/aromatic N) is 4. The minimum Gasteiger partial charge on any atom is -0.355 e. The highest BCUT2D eigenvalue weighted by Crippen LogP contribution is 2.27. The number of amides is 1. The molecule has 0 spiro atoms. The summed E-state index contributed by atoms with van der Waals surface area (Å²) < 4.78 is 7.18. The average molecular weight is 401 g/mol. The molecule has 0 bridgehead atoms. The predicted molar refractivity (Wildman–Crippen MR) is 113 cm³/mol. The molecule has 1 amide bonds. The third-order valence-corrected chi connectivity index (χ3v) is 5.30. The summed E-state index contributed by atoms with van der Waals surface area (Å²) in [6, 6.07) is 11.3. The molecule has 0 aliphatic heterocycles. The van der Waals surface area contributed by atoms with Crippen LogP contribution in [-0.2, 0) is 7.05 Å². The highest BCUT2D eigenvalue weighted by atomic mass is 16.5. The summed E-state index contributed by atoms with van der Waals surface area (Å²) in [4.78, 5) is 17.2. The van der Waals surface area contributed by atoms with E-state index >= 15 is 0 Å². The Bertz CT molecular complexity index is 1190. The van der Waals surface area contributed by atoms with Gasteiger partial charge in [-0.05, 0) is 49.6 Å². The lowest BCUT2D eigenvalue weighted by Crippen LogP contribution is -2.30. The molecule has 3 heterocycles. The third-order valence-electron chi connectivity index (χ3n) is 5.30. The number of aryl methyl sites for hydroxylation is 3. The number of pyridine rings is 1. The molecule has 4 rings (SSSR count). The van der Waals surface area contributed by atoms with Crippen LogP contribution in [0.5, 0.6) is 0 Å². The van der Waals surface area contributed by atoms with E-state index in [2.05, 4.69) is 38.8 Å². The second kappa shape index (κ2) is 7.94. The lowest BCUT2D eigenvalue weighted by atomic mass is 9.94. The van der Waals surface area contributed by atoms with Gasteiger partial charge in [0.1, 0.15) is 0 Å². The number of carbonyl (C=O) groups excluding carboxylic acids is 1. The van der Waals surface area contributed by atoms with E-state index in [0.717, 1.165) is 33.5 Å². The molecule has 30 heavy (non-hydrogen) atoms. The van der Waals surface area contributed by atoms with Gasteiger partial charge in [0.2, 0.25) is 0 Å². The first-order chi connectivity index (χ1) is 14.4. The van der Waals surface area contributed by atoms with Crippen molar-refractivity contribution in [1.82, 2.24) is 25.2 Å². The average Bonchev–Trinajstić information content (AvgIpc) is 3.36. The first-order valence-corrected chi connectivity index (χ1v) is 9.67. The minimum absolute atomic E-state index is 0.220. The van der Waals surface area contributed by atoms with E-state index in [4.69, 9.17) is 4.52 Å². The fourth-order valence-electron chi connectivity index (χ4n) is 3.42. The van der Waals surface area contributed by atoms with Gasteiger partial charge in [0.15, 0.2) is 11.5 Å². The molecule has 0 radical (unpaired) electrons. The predicted octanol–water partition coefficient (Wildman–Crippen LogP) is 3.91. The third kappa shape index (κ3) is 3.74. The molecule has 1 atom stereocenters. The number of benzene rings is 1. The van der Waals surface area contributed by atoms with E-state index in [-0.39, 0.29) is 17.6 Å². The van der Waals surface area contributed by atoms with Crippen LogP contribution in [-0.4, -0.2) is 25.8 Å². The van der Waals surface area contributed by atoms with Crippen LogP contribution in [0.15, 0.2) is 59.5 Å². The van der Waals surface area contributed by atoms with E-state index in [9.17, 15) is 4.79 Å². The van der Waals surface area contributed by atoms with E-state index in [1.54, 1.807) is 29.3 Å². The number of hydrogen-bond donors (Lipinski definition) is 1. The molecule has 0 aliphatic rings. The van der Waals surface area contributed by atoms with Gasteiger partial charge < -0.3 is 9.84 Å². The molecule has 7 heteroatoms. The molecule has 4 aromatic rings. The molecular formula is C23H23N5O2. The highest BCUT2D eigenvalue weighted by molar-refractivity contribution is 5.93. The van der Waals surface area contributed by atoms with Gasteiger partial charge in [0, 0.05) is 31.2 Å². The Morgan fingerprint density at radius 2 is 1.87 bits per heavy atom. The van der Waals surface area contributed by atoms with Crippen LogP contribution in [0, 0.1) is 20.8 Å². The summed E-state index contributed by atoms with van der Waals surface area (Å²) in [5.74, 6) is 0.201. The molecule has 0 unspecified atom stereocenters. The van der Waals surface area contributed by atoms with Crippen LogP contribution < -0.4 is 5.32 Å². The lowest BCUT2D eigenvalue weighted by molar-refractivity contribution is 0.0934. The van der Waals surface area contributed by atoms with Gasteiger partial charge in [-0.1, -0.05) is 28.9 Å². The van der Waals surface area contributed by atoms with E-state index in [1.165, 1.54) is 0 Å². The lowest BCUT2D eigenvalue weighted by Gasteiger charge is -2.21. The summed E-state index contributed by atoms with van der Waals surface area (Å²) in [6.45, 7) is 6.01. The van der Waals surface area contributed by atoms with Crippen LogP contribution in [0.3, 0.4) is 0 Å². The largest absolute Gasteiger partial charge is 0.355 e. The van der Waals surface area contributed by atoms with Crippen molar-refractivity contribution in [2.24, 2.45) is 7.05 Å². The SMILES string of the molecule is Cc1ccc(C)c([C@@H](NC(=O)c2cc(-c3cnn(C)c3C)on2)c2ccncc2)c1. The molecule has 0 fully saturated rings. The van der Waals surface area contributed by atoms with Crippen LogP contribution in [0.25, 0.3) is 11.3 Å². The summed E-state index contributed by atoms with van der Waals surface area (Å²) in [5.41, 5.74) is 6.15. The minimum atomic E-state index is -0.333. The van der Waals surface area contributed by atoms with Crippen molar-refractivity contribution in [2.75, 3.05) is 0 Å². The maximum Gasteiger partial charge on any atom is 0.274 e. The maximum atomic E-state index is 13.1. The fraction of sp³-hybridized carbons (Fsp3) is 0.217. The van der Waals surface area contributed by atoms with Crippen molar-refractivity contribution in [3.63, 3.8) is 0 Å². The zero-order chi connectivity index (χ0) is 21.3. The molecule has 1 aromatic carbocycles. The zero-order valence-corrected chi connectivity index (χ0v) is 17.4. The number of nitrogens with one attached hydrogen (secondary N) is 1. The van der Waals surface area contributed by atoms with Crippen LogP contribution in [0.1, 0.15) is 44.5 Å². The van der Waals surface area contributed by atoms with Gasteiger partial charge in [-0.15, -0.1) is 0 Å². The Hall–Kier alpha value is -3.74. The van der Waals surface area contributed by atoms with E-state index in [0.29, 0.717) is 5.76 Å². The second-order valence-corrected chi connectivity index (χ2v) is 7.39. The van der Waals surface area contributed by atoms with Gasteiger partial charge in [0.05, 0.1) is 17.8 Å². The van der Waals surface area contributed by atoms with Crippen molar-refractivity contribution >= 4 is 5.91 Å². The molecule has 0 saturated heterocycles. The quantitative estimate of drug-likeness (QED) is 0.548. The summed E-state index contributed by atoms with van der Waals surface area (Å²) in [7, 11) is 1.85. The topological polar surface area (TPSA) is 85.8 Å². The van der Waals surface area contributed by atoms with Crippen LogP contribution >= 0.6 is 0 Å². The Morgan fingerprint density at radius 3 is 2.57 bits per heavy atom. The molecule has 0 aliphatic carbocycles. The Kier molecular flexibility index (Phi) is 5.18. The van der Waals surface area contributed by atoms with Crippen LogP contribution in [0.4, 0.5) is 0 Å². The summed E-state index contributed by atoms with van der Waals surface area (Å²) in [6.07, 6.45) is 5.14. The Morgan fingerprint density at radius 1 is 1.10 bits per heavy atom. The van der Waals surface area contributed by atoms with Crippen molar-refractivity contribution in [3.05, 3.63) is 88.6 Å². The molecule has 152 valence electrons. The van der Waals surface area contributed by atoms with E-state index < -0.39 is 0 Å². The van der Waals surface area contributed by atoms with Crippen molar-refractivity contribution < 1.29 is 9.32 Å². The van der Waals surface area contributed by atoms with E-state index in [1.807, 2.05) is 40.0 Å². The zero-order valence-electron chi connectivity index (χ0n) is 17.4. The number of aromatic nitrogens is 4. The van der Waals surface area contributed by atoms with Gasteiger partial charge >= 0.3 is 0 Å². The highest BCUT2D eigenvalue weighted by Gasteiger charge is 2.23. The first-order valence-electron chi connectivity index (χ1n) is 9.67. The van der Waals surface area contributed by atoms with Crippen molar-refractivity contribution in [3.8, 4) is 11.3 Å². The first kappa shape index (κ1) is 19.6. The van der Waals surface area contributed by atoms with Crippen LogP contribution in [0.2, 0.25) is 0 Å².